The molecule has 2 rings (SSSR count). The Morgan fingerprint density at radius 1 is 1.05 bits per heavy atom. The van der Waals surface area contributed by atoms with E-state index in [0.717, 1.165) is 0 Å². The second-order valence-corrected chi connectivity index (χ2v) is 7.49. The molecular formula is C12H8Br2ClNO2S. The Bertz CT molecular complexity index is 719. The molecule has 0 spiro atoms. The van der Waals surface area contributed by atoms with E-state index < -0.39 is 10.0 Å². The van der Waals surface area contributed by atoms with Gasteiger partial charge in [0, 0.05) is 8.95 Å². The Morgan fingerprint density at radius 3 is 2.42 bits per heavy atom. The third kappa shape index (κ3) is 3.51. The summed E-state index contributed by atoms with van der Waals surface area (Å²) < 4.78 is 28.2. The number of halogens is 3. The molecule has 0 amide bonds. The standard InChI is InChI=1S/C12H8Br2ClNO2S/c13-8-5-6-9(14)12(7-8)19(17,18)16-11-4-2-1-3-10(11)15/h1-7,16H. The lowest BCUT2D eigenvalue weighted by atomic mass is 10.3. The Hall–Kier alpha value is -0.560. The van der Waals surface area contributed by atoms with Crippen molar-refractivity contribution in [2.45, 2.75) is 4.90 Å². The summed E-state index contributed by atoms with van der Waals surface area (Å²) in [6.45, 7) is 0. The Morgan fingerprint density at radius 2 is 1.74 bits per heavy atom. The van der Waals surface area contributed by atoms with E-state index in [1.807, 2.05) is 0 Å². The number of anilines is 1. The summed E-state index contributed by atoms with van der Waals surface area (Å²) in [5.74, 6) is 0. The molecule has 2 aromatic carbocycles. The third-order valence-corrected chi connectivity index (χ3v) is 5.48. The molecule has 0 aliphatic rings. The number of nitrogens with one attached hydrogen (secondary N) is 1. The first kappa shape index (κ1) is 14.8. The van der Waals surface area contributed by atoms with Crippen LogP contribution in [0.15, 0.2) is 56.3 Å². The number of rotatable bonds is 3. The Kier molecular flexibility index (Phi) is 4.55. The van der Waals surface area contributed by atoms with Crippen molar-refractivity contribution in [3.63, 3.8) is 0 Å². The molecule has 0 saturated heterocycles. The zero-order valence-electron chi connectivity index (χ0n) is 9.40. The summed E-state index contributed by atoms with van der Waals surface area (Å²) in [4.78, 5) is 0.141. The second kappa shape index (κ2) is 5.83. The molecule has 19 heavy (non-hydrogen) atoms. The summed E-state index contributed by atoms with van der Waals surface area (Å²) in [5.41, 5.74) is 0.344. The molecule has 7 heteroatoms. The van der Waals surface area contributed by atoms with E-state index in [0.29, 0.717) is 19.7 Å². The molecule has 0 fully saturated rings. The van der Waals surface area contributed by atoms with Crippen molar-refractivity contribution in [3.8, 4) is 0 Å². The van der Waals surface area contributed by atoms with E-state index in [4.69, 9.17) is 11.6 Å². The molecule has 0 aliphatic carbocycles. The van der Waals surface area contributed by atoms with E-state index in [1.165, 1.54) is 6.07 Å². The number of sulfonamides is 1. The number of para-hydroxylation sites is 1. The van der Waals surface area contributed by atoms with Crippen molar-refractivity contribution in [3.05, 3.63) is 56.4 Å². The Balaban J connectivity index is 2.44. The van der Waals surface area contributed by atoms with Crippen LogP contribution in [0, 0.1) is 0 Å². The average Bonchev–Trinajstić information content (AvgIpc) is 2.35. The SMILES string of the molecule is O=S(=O)(Nc1ccccc1Cl)c1cc(Br)ccc1Br. The smallest absolute Gasteiger partial charge is 0.263 e. The molecule has 0 unspecified atom stereocenters. The highest BCUT2D eigenvalue weighted by Crippen LogP contribution is 2.29. The van der Waals surface area contributed by atoms with Crippen LogP contribution in [0.2, 0.25) is 5.02 Å². The van der Waals surface area contributed by atoms with Crippen molar-refractivity contribution in [1.29, 1.82) is 0 Å². The Labute approximate surface area is 133 Å². The van der Waals surface area contributed by atoms with Gasteiger partial charge in [-0.1, -0.05) is 39.7 Å². The van der Waals surface area contributed by atoms with Gasteiger partial charge in [-0.15, -0.1) is 0 Å². The number of hydrogen-bond donors (Lipinski definition) is 1. The van der Waals surface area contributed by atoms with E-state index in [-0.39, 0.29) is 4.90 Å². The quantitative estimate of drug-likeness (QED) is 0.777. The van der Waals surface area contributed by atoms with Crippen LogP contribution in [0.5, 0.6) is 0 Å². The van der Waals surface area contributed by atoms with Gasteiger partial charge in [-0.2, -0.15) is 0 Å². The fourth-order valence-electron chi connectivity index (χ4n) is 1.43. The van der Waals surface area contributed by atoms with Crippen LogP contribution in [-0.2, 0) is 10.0 Å². The maximum Gasteiger partial charge on any atom is 0.263 e. The van der Waals surface area contributed by atoms with Gasteiger partial charge in [0.1, 0.15) is 4.90 Å². The average molecular weight is 426 g/mol. The van der Waals surface area contributed by atoms with Crippen molar-refractivity contribution in [1.82, 2.24) is 0 Å². The third-order valence-electron chi connectivity index (χ3n) is 2.30. The van der Waals surface area contributed by atoms with Gasteiger partial charge in [-0.25, -0.2) is 8.42 Å². The van der Waals surface area contributed by atoms with Crippen LogP contribution < -0.4 is 4.72 Å². The first-order chi connectivity index (χ1) is 8.90. The van der Waals surface area contributed by atoms with Gasteiger partial charge >= 0.3 is 0 Å². The molecule has 0 heterocycles. The maximum atomic E-state index is 12.3. The van der Waals surface area contributed by atoms with Crippen LogP contribution in [-0.4, -0.2) is 8.42 Å². The molecule has 2 aromatic rings. The molecule has 3 nitrogen and oxygen atoms in total. The maximum absolute atomic E-state index is 12.3. The molecule has 0 aromatic heterocycles. The molecular weight excluding hydrogens is 417 g/mol. The summed E-state index contributed by atoms with van der Waals surface area (Å²) in [7, 11) is -3.70. The summed E-state index contributed by atoms with van der Waals surface area (Å²) in [6, 6.07) is 11.6. The van der Waals surface area contributed by atoms with Crippen molar-refractivity contribution >= 4 is 59.2 Å². The highest BCUT2D eigenvalue weighted by Gasteiger charge is 2.19. The topological polar surface area (TPSA) is 46.2 Å². The van der Waals surface area contributed by atoms with Gasteiger partial charge in [0.25, 0.3) is 10.0 Å². The first-order valence-corrected chi connectivity index (χ1v) is 8.57. The van der Waals surface area contributed by atoms with E-state index in [9.17, 15) is 8.42 Å². The lowest BCUT2D eigenvalue weighted by molar-refractivity contribution is 0.600. The van der Waals surface area contributed by atoms with Crippen LogP contribution >= 0.6 is 43.5 Å². The van der Waals surface area contributed by atoms with Gasteiger partial charge in [-0.3, -0.25) is 4.72 Å². The van der Waals surface area contributed by atoms with Crippen molar-refractivity contribution in [2.24, 2.45) is 0 Å². The molecule has 0 radical (unpaired) electrons. The second-order valence-electron chi connectivity index (χ2n) is 3.66. The highest BCUT2D eigenvalue weighted by atomic mass is 79.9. The van der Waals surface area contributed by atoms with E-state index in [1.54, 1.807) is 36.4 Å². The van der Waals surface area contributed by atoms with Crippen molar-refractivity contribution < 1.29 is 8.42 Å². The highest BCUT2D eigenvalue weighted by molar-refractivity contribution is 9.11. The zero-order chi connectivity index (χ0) is 14.0. The molecule has 0 bridgehead atoms. The number of hydrogen-bond acceptors (Lipinski definition) is 2. The van der Waals surface area contributed by atoms with Gasteiger partial charge in [-0.05, 0) is 46.3 Å². The van der Waals surface area contributed by atoms with Gasteiger partial charge < -0.3 is 0 Å². The minimum atomic E-state index is -3.70. The first-order valence-electron chi connectivity index (χ1n) is 5.12. The van der Waals surface area contributed by atoms with Crippen LogP contribution in [0.3, 0.4) is 0 Å². The van der Waals surface area contributed by atoms with Gasteiger partial charge in [0.2, 0.25) is 0 Å². The lowest BCUT2D eigenvalue weighted by Gasteiger charge is -2.11. The fourth-order valence-corrected chi connectivity index (χ4v) is 4.25. The summed E-state index contributed by atoms with van der Waals surface area (Å²) >= 11 is 12.4. The molecule has 0 saturated carbocycles. The zero-order valence-corrected chi connectivity index (χ0v) is 14.1. The van der Waals surface area contributed by atoms with Gasteiger partial charge in [0.15, 0.2) is 0 Å². The van der Waals surface area contributed by atoms with E-state index >= 15 is 0 Å². The molecule has 1 N–H and O–H groups in total. The normalized spacial score (nSPS) is 11.3. The van der Waals surface area contributed by atoms with Crippen LogP contribution in [0.4, 0.5) is 5.69 Å². The predicted octanol–water partition coefficient (Wildman–Crippen LogP) is 4.67. The molecule has 0 atom stereocenters. The predicted molar refractivity (Wildman–Crippen MR) is 84.1 cm³/mol. The minimum Gasteiger partial charge on any atom is -0.278 e. The molecule has 100 valence electrons. The van der Waals surface area contributed by atoms with E-state index in [2.05, 4.69) is 36.6 Å². The summed E-state index contributed by atoms with van der Waals surface area (Å²) in [6.07, 6.45) is 0. The molecule has 0 aliphatic heterocycles. The van der Waals surface area contributed by atoms with Crippen LogP contribution in [0.25, 0.3) is 0 Å². The summed E-state index contributed by atoms with van der Waals surface area (Å²) in [5, 5.41) is 0.345. The van der Waals surface area contributed by atoms with Crippen molar-refractivity contribution in [2.75, 3.05) is 4.72 Å². The fraction of sp³-hybridized carbons (Fsp3) is 0. The van der Waals surface area contributed by atoms with Crippen LogP contribution in [0.1, 0.15) is 0 Å². The monoisotopic (exact) mass is 423 g/mol. The van der Waals surface area contributed by atoms with Gasteiger partial charge in [0.05, 0.1) is 10.7 Å². The minimum absolute atomic E-state index is 0.141. The largest absolute Gasteiger partial charge is 0.278 e. The number of benzene rings is 2. The lowest BCUT2D eigenvalue weighted by Crippen LogP contribution is -2.13.